The molecule has 2 aromatic rings. The van der Waals surface area contributed by atoms with Crippen molar-refractivity contribution >= 4 is 40.2 Å². The molecule has 26 heavy (non-hydrogen) atoms. The zero-order valence-electron chi connectivity index (χ0n) is 14.9. The number of benzene rings is 1. The average Bonchev–Trinajstić information content (AvgIpc) is 2.98. The first-order valence-electron chi connectivity index (χ1n) is 9.06. The summed E-state index contributed by atoms with van der Waals surface area (Å²) in [6.45, 7) is 3.80. The Morgan fingerprint density at radius 1 is 1.27 bits per heavy atom. The van der Waals surface area contributed by atoms with Gasteiger partial charge in [0.05, 0.1) is 16.2 Å². The van der Waals surface area contributed by atoms with Gasteiger partial charge in [-0.25, -0.2) is 4.79 Å². The van der Waals surface area contributed by atoms with E-state index >= 15 is 0 Å². The smallest absolute Gasteiger partial charge is 0.319 e. The van der Waals surface area contributed by atoms with Gasteiger partial charge in [-0.1, -0.05) is 30.9 Å². The van der Waals surface area contributed by atoms with Gasteiger partial charge in [0.2, 0.25) is 0 Å². The summed E-state index contributed by atoms with van der Waals surface area (Å²) in [5, 5.41) is 10.0. The number of amides is 3. The summed E-state index contributed by atoms with van der Waals surface area (Å²) in [5.41, 5.74) is 1.58. The fraction of sp³-hybridized carbons (Fsp3) is 0.474. The van der Waals surface area contributed by atoms with Crippen LogP contribution in [0.1, 0.15) is 62.1 Å². The largest absolute Gasteiger partial charge is 0.450 e. The lowest BCUT2D eigenvalue weighted by Crippen LogP contribution is -2.52. The van der Waals surface area contributed by atoms with Crippen LogP contribution in [0.4, 0.5) is 10.5 Å². The Morgan fingerprint density at radius 2 is 2.00 bits per heavy atom. The lowest BCUT2D eigenvalue weighted by molar-refractivity contribution is 0.0917. The van der Waals surface area contributed by atoms with Gasteiger partial charge in [0.15, 0.2) is 5.76 Å². The molecule has 3 amide bonds. The van der Waals surface area contributed by atoms with Crippen LogP contribution in [0.25, 0.3) is 11.0 Å². The molecule has 0 saturated heterocycles. The quantitative estimate of drug-likeness (QED) is 0.721. The van der Waals surface area contributed by atoms with Gasteiger partial charge in [0.1, 0.15) is 5.58 Å². The Hall–Kier alpha value is -2.21. The number of hydrogen-bond acceptors (Lipinski definition) is 3. The van der Waals surface area contributed by atoms with Gasteiger partial charge < -0.3 is 20.4 Å². The topological polar surface area (TPSA) is 83.4 Å². The molecule has 0 atom stereocenters. The minimum Gasteiger partial charge on any atom is -0.450 e. The fourth-order valence-corrected chi connectivity index (χ4v) is 4.39. The van der Waals surface area contributed by atoms with Crippen LogP contribution in [-0.4, -0.2) is 18.0 Å². The fourth-order valence-electron chi connectivity index (χ4n) is 4.13. The maximum absolute atomic E-state index is 12.4. The molecule has 1 aliphatic carbocycles. The second-order valence-corrected chi connectivity index (χ2v) is 7.89. The molecule has 1 aromatic carbocycles. The molecule has 0 radical (unpaired) electrons. The van der Waals surface area contributed by atoms with Crippen molar-refractivity contribution in [1.29, 1.82) is 0 Å². The van der Waals surface area contributed by atoms with Crippen molar-refractivity contribution in [3.63, 3.8) is 0 Å². The SMILES string of the molecule is CC(C)NC(=O)c1cc2cc(Cl)c3c(c2o1)C1(CCCCC1)NC(=O)N3. The maximum atomic E-state index is 12.4. The minimum atomic E-state index is -0.497. The summed E-state index contributed by atoms with van der Waals surface area (Å²) in [4.78, 5) is 24.6. The summed E-state index contributed by atoms with van der Waals surface area (Å²) in [5.74, 6) is -0.00685. The van der Waals surface area contributed by atoms with Gasteiger partial charge in [-0.2, -0.15) is 0 Å². The van der Waals surface area contributed by atoms with Crippen molar-refractivity contribution in [3.05, 3.63) is 28.5 Å². The first kappa shape index (κ1) is 17.2. The van der Waals surface area contributed by atoms with Crippen molar-refractivity contribution < 1.29 is 14.0 Å². The zero-order valence-corrected chi connectivity index (χ0v) is 15.6. The van der Waals surface area contributed by atoms with Crippen LogP contribution >= 0.6 is 11.6 Å². The lowest BCUT2D eigenvalue weighted by atomic mass is 9.74. The number of carbonyl (C=O) groups excluding carboxylic acids is 2. The molecule has 4 rings (SSSR count). The molecule has 1 fully saturated rings. The standard InChI is InChI=1S/C19H22ClN3O3/c1-10(2)21-17(24)13-9-11-8-12(20)15-14(16(11)26-13)19(23-18(25)22-15)6-4-3-5-7-19/h8-10H,3-7H2,1-2H3,(H,21,24)(H2,22,23,25). The van der Waals surface area contributed by atoms with E-state index in [1.807, 2.05) is 13.8 Å². The molecule has 1 saturated carbocycles. The third-order valence-electron chi connectivity index (χ3n) is 5.18. The van der Waals surface area contributed by atoms with Gasteiger partial charge in [-0.15, -0.1) is 0 Å². The normalized spacial score (nSPS) is 18.5. The van der Waals surface area contributed by atoms with Crippen molar-refractivity contribution in [2.75, 3.05) is 5.32 Å². The predicted molar refractivity (Wildman–Crippen MR) is 101 cm³/mol. The molecule has 138 valence electrons. The molecule has 0 bridgehead atoms. The van der Waals surface area contributed by atoms with E-state index in [4.69, 9.17) is 16.0 Å². The number of anilines is 1. The molecule has 7 heteroatoms. The second kappa shape index (κ2) is 6.20. The highest BCUT2D eigenvalue weighted by atomic mass is 35.5. The molecule has 0 unspecified atom stereocenters. The van der Waals surface area contributed by atoms with Gasteiger partial charge >= 0.3 is 6.03 Å². The summed E-state index contributed by atoms with van der Waals surface area (Å²) in [6.07, 6.45) is 4.85. The Labute approximate surface area is 156 Å². The number of carbonyl (C=O) groups is 2. The van der Waals surface area contributed by atoms with Gasteiger partial charge in [-0.3, -0.25) is 4.79 Å². The van der Waals surface area contributed by atoms with Crippen molar-refractivity contribution in [1.82, 2.24) is 10.6 Å². The summed E-state index contributed by atoms with van der Waals surface area (Å²) in [7, 11) is 0. The monoisotopic (exact) mass is 375 g/mol. The third kappa shape index (κ3) is 2.72. The second-order valence-electron chi connectivity index (χ2n) is 7.49. The van der Waals surface area contributed by atoms with Crippen molar-refractivity contribution in [2.45, 2.75) is 57.5 Å². The average molecular weight is 376 g/mol. The van der Waals surface area contributed by atoms with E-state index in [-0.39, 0.29) is 23.7 Å². The highest BCUT2D eigenvalue weighted by Gasteiger charge is 2.43. The molecule has 2 aliphatic rings. The minimum absolute atomic E-state index is 0.0128. The van der Waals surface area contributed by atoms with E-state index < -0.39 is 5.54 Å². The van der Waals surface area contributed by atoms with Crippen LogP contribution in [0, 0.1) is 0 Å². The first-order valence-corrected chi connectivity index (χ1v) is 9.44. The van der Waals surface area contributed by atoms with E-state index in [2.05, 4.69) is 16.0 Å². The third-order valence-corrected chi connectivity index (χ3v) is 5.48. The lowest BCUT2D eigenvalue weighted by Gasteiger charge is -2.42. The van der Waals surface area contributed by atoms with Crippen LogP contribution in [0.2, 0.25) is 5.02 Å². The van der Waals surface area contributed by atoms with Crippen LogP contribution < -0.4 is 16.0 Å². The summed E-state index contributed by atoms with van der Waals surface area (Å²) >= 11 is 6.48. The van der Waals surface area contributed by atoms with E-state index in [1.165, 1.54) is 0 Å². The maximum Gasteiger partial charge on any atom is 0.319 e. The molecule has 2 heterocycles. The van der Waals surface area contributed by atoms with E-state index in [0.29, 0.717) is 16.3 Å². The van der Waals surface area contributed by atoms with Crippen LogP contribution in [-0.2, 0) is 5.54 Å². The van der Waals surface area contributed by atoms with Crippen LogP contribution in [0.15, 0.2) is 16.5 Å². The highest BCUT2D eigenvalue weighted by molar-refractivity contribution is 6.35. The Morgan fingerprint density at radius 3 is 2.69 bits per heavy atom. The Balaban J connectivity index is 1.91. The van der Waals surface area contributed by atoms with E-state index in [9.17, 15) is 9.59 Å². The molecule has 6 nitrogen and oxygen atoms in total. The van der Waals surface area contributed by atoms with Crippen molar-refractivity contribution in [3.8, 4) is 0 Å². The summed E-state index contributed by atoms with van der Waals surface area (Å²) in [6, 6.07) is 3.23. The number of hydrogen-bond donors (Lipinski definition) is 3. The van der Waals surface area contributed by atoms with Gasteiger partial charge in [0.25, 0.3) is 5.91 Å². The van der Waals surface area contributed by atoms with E-state index in [0.717, 1.165) is 43.1 Å². The summed E-state index contributed by atoms with van der Waals surface area (Å²) < 4.78 is 5.98. The molecule has 1 aromatic heterocycles. The van der Waals surface area contributed by atoms with Crippen molar-refractivity contribution in [2.24, 2.45) is 0 Å². The highest BCUT2D eigenvalue weighted by Crippen LogP contribution is 2.48. The predicted octanol–water partition coefficient (Wildman–Crippen LogP) is 4.52. The molecule has 1 spiro atoms. The number of rotatable bonds is 2. The van der Waals surface area contributed by atoms with Gasteiger partial charge in [-0.05, 0) is 38.8 Å². The number of nitrogens with one attached hydrogen (secondary N) is 3. The molecular formula is C19H22ClN3O3. The van der Waals surface area contributed by atoms with Crippen LogP contribution in [0.5, 0.6) is 0 Å². The Kier molecular flexibility index (Phi) is 4.10. The number of furan rings is 1. The number of halogens is 1. The van der Waals surface area contributed by atoms with E-state index in [1.54, 1.807) is 12.1 Å². The molecule has 1 aliphatic heterocycles. The zero-order chi connectivity index (χ0) is 18.5. The number of fused-ring (bicyclic) bond motifs is 4. The first-order chi connectivity index (χ1) is 12.4. The van der Waals surface area contributed by atoms with Gasteiger partial charge in [0, 0.05) is 17.0 Å². The number of urea groups is 1. The Bertz CT molecular complexity index is 897. The molecule has 3 N–H and O–H groups in total. The molecular weight excluding hydrogens is 354 g/mol. The van der Waals surface area contributed by atoms with Crippen LogP contribution in [0.3, 0.4) is 0 Å².